The van der Waals surface area contributed by atoms with Gasteiger partial charge in [-0.05, 0) is 37.8 Å². The van der Waals surface area contributed by atoms with E-state index in [1.165, 1.54) is 19.3 Å². The minimum atomic E-state index is 0.530. The Morgan fingerprint density at radius 2 is 2.21 bits per heavy atom. The number of aromatic nitrogens is 4. The van der Waals surface area contributed by atoms with E-state index >= 15 is 0 Å². The van der Waals surface area contributed by atoms with Crippen LogP contribution in [0.5, 0.6) is 0 Å². The summed E-state index contributed by atoms with van der Waals surface area (Å²) in [7, 11) is 0. The highest BCUT2D eigenvalue weighted by Crippen LogP contribution is 2.40. The Morgan fingerprint density at radius 1 is 1.26 bits per heavy atom. The molecular formula is C14H17N5. The standard InChI is InChI=1S/C14H17N5/c1-9-4-2-6-11(16-9)13-17-14-15-8-10-5-3-7-12(10)19(14)18-13/h2,4,6,10,12H,3,5,7-8H2,1H3,(H,15,17,18). The van der Waals surface area contributed by atoms with Gasteiger partial charge >= 0.3 is 0 Å². The SMILES string of the molecule is Cc1cccc(-c2nc3n(n2)C2CCCC2CN3)n1. The minimum Gasteiger partial charge on any atom is -0.354 e. The molecule has 0 amide bonds. The molecule has 19 heavy (non-hydrogen) atoms. The van der Waals surface area contributed by atoms with Gasteiger partial charge in [0.05, 0.1) is 6.04 Å². The average Bonchev–Trinajstić information content (AvgIpc) is 3.04. The van der Waals surface area contributed by atoms with Crippen LogP contribution in [0.1, 0.15) is 31.0 Å². The molecule has 2 aromatic rings. The number of nitrogens with one attached hydrogen (secondary N) is 1. The minimum absolute atomic E-state index is 0.530. The summed E-state index contributed by atoms with van der Waals surface area (Å²) in [6, 6.07) is 6.50. The van der Waals surface area contributed by atoms with Crippen LogP contribution in [-0.4, -0.2) is 26.3 Å². The summed E-state index contributed by atoms with van der Waals surface area (Å²) in [6.07, 6.45) is 3.83. The molecule has 2 unspecified atom stereocenters. The predicted octanol–water partition coefficient (Wildman–Crippen LogP) is 2.42. The molecule has 5 nitrogen and oxygen atoms in total. The third kappa shape index (κ3) is 1.72. The second kappa shape index (κ2) is 4.05. The molecule has 1 aliphatic heterocycles. The molecule has 0 saturated heterocycles. The first-order chi connectivity index (χ1) is 9.31. The van der Waals surface area contributed by atoms with Crippen molar-refractivity contribution in [2.45, 2.75) is 32.2 Å². The predicted molar refractivity (Wildman–Crippen MR) is 72.9 cm³/mol. The molecule has 4 rings (SSSR count). The number of aryl methyl sites for hydroxylation is 1. The van der Waals surface area contributed by atoms with Gasteiger partial charge in [-0.1, -0.05) is 12.5 Å². The maximum absolute atomic E-state index is 4.69. The van der Waals surface area contributed by atoms with Crippen LogP contribution in [-0.2, 0) is 0 Å². The van der Waals surface area contributed by atoms with Crippen molar-refractivity contribution in [3.63, 3.8) is 0 Å². The van der Waals surface area contributed by atoms with Crippen molar-refractivity contribution in [2.24, 2.45) is 5.92 Å². The Morgan fingerprint density at radius 3 is 3.11 bits per heavy atom. The van der Waals surface area contributed by atoms with Gasteiger partial charge in [0.25, 0.3) is 0 Å². The van der Waals surface area contributed by atoms with Crippen molar-refractivity contribution in [3.8, 4) is 11.5 Å². The van der Waals surface area contributed by atoms with Gasteiger partial charge in [-0.2, -0.15) is 4.98 Å². The molecule has 5 heteroatoms. The first-order valence-electron chi connectivity index (χ1n) is 6.96. The Balaban J connectivity index is 1.76. The molecule has 1 saturated carbocycles. The lowest BCUT2D eigenvalue weighted by molar-refractivity contribution is 0.346. The number of hydrogen-bond donors (Lipinski definition) is 1. The van der Waals surface area contributed by atoms with E-state index in [0.29, 0.717) is 12.0 Å². The van der Waals surface area contributed by atoms with Crippen molar-refractivity contribution in [2.75, 3.05) is 11.9 Å². The Hall–Kier alpha value is -1.91. The van der Waals surface area contributed by atoms with Gasteiger partial charge in [-0.15, -0.1) is 5.10 Å². The summed E-state index contributed by atoms with van der Waals surface area (Å²) in [6.45, 7) is 3.02. The van der Waals surface area contributed by atoms with Crippen molar-refractivity contribution < 1.29 is 0 Å². The van der Waals surface area contributed by atoms with Gasteiger partial charge in [-0.3, -0.25) is 0 Å². The van der Waals surface area contributed by atoms with Gasteiger partial charge in [0, 0.05) is 12.2 Å². The fourth-order valence-corrected chi connectivity index (χ4v) is 3.25. The summed E-state index contributed by atoms with van der Waals surface area (Å²) in [5, 5.41) is 8.09. The number of hydrogen-bond acceptors (Lipinski definition) is 4. The quantitative estimate of drug-likeness (QED) is 0.850. The van der Waals surface area contributed by atoms with Gasteiger partial charge in [0.2, 0.25) is 11.8 Å². The zero-order chi connectivity index (χ0) is 12.8. The van der Waals surface area contributed by atoms with Crippen LogP contribution in [0.2, 0.25) is 0 Å². The van der Waals surface area contributed by atoms with Crippen LogP contribution in [0.4, 0.5) is 5.95 Å². The third-order valence-electron chi connectivity index (χ3n) is 4.20. The van der Waals surface area contributed by atoms with E-state index in [4.69, 9.17) is 0 Å². The smallest absolute Gasteiger partial charge is 0.222 e. The molecule has 2 atom stereocenters. The highest BCUT2D eigenvalue weighted by molar-refractivity contribution is 5.51. The lowest BCUT2D eigenvalue weighted by atomic mass is 10.0. The van der Waals surface area contributed by atoms with E-state index in [1.807, 2.05) is 25.1 Å². The van der Waals surface area contributed by atoms with Crippen molar-refractivity contribution in [1.29, 1.82) is 0 Å². The molecule has 1 fully saturated rings. The van der Waals surface area contributed by atoms with Gasteiger partial charge in [0.15, 0.2) is 0 Å². The normalized spacial score (nSPS) is 24.7. The number of nitrogens with zero attached hydrogens (tertiary/aromatic N) is 4. The molecule has 2 aliphatic rings. The van der Waals surface area contributed by atoms with Gasteiger partial charge in [0.1, 0.15) is 5.69 Å². The zero-order valence-corrected chi connectivity index (χ0v) is 11.0. The molecule has 1 N–H and O–H groups in total. The van der Waals surface area contributed by atoms with Crippen LogP contribution in [0.15, 0.2) is 18.2 Å². The monoisotopic (exact) mass is 255 g/mol. The fraction of sp³-hybridized carbons (Fsp3) is 0.500. The third-order valence-corrected chi connectivity index (χ3v) is 4.20. The number of anilines is 1. The number of pyridine rings is 1. The average molecular weight is 255 g/mol. The summed E-state index contributed by atoms with van der Waals surface area (Å²) in [5.74, 6) is 2.35. The lowest BCUT2D eigenvalue weighted by Gasteiger charge is -2.26. The van der Waals surface area contributed by atoms with Crippen LogP contribution >= 0.6 is 0 Å². The summed E-state index contributed by atoms with van der Waals surface area (Å²) in [5.41, 5.74) is 1.86. The second-order valence-corrected chi connectivity index (χ2v) is 5.51. The largest absolute Gasteiger partial charge is 0.354 e. The fourth-order valence-electron chi connectivity index (χ4n) is 3.25. The topological polar surface area (TPSA) is 55.6 Å². The molecule has 0 aromatic carbocycles. The van der Waals surface area contributed by atoms with Crippen LogP contribution < -0.4 is 5.32 Å². The lowest BCUT2D eigenvalue weighted by Crippen LogP contribution is -2.29. The highest BCUT2D eigenvalue weighted by Gasteiger charge is 2.35. The highest BCUT2D eigenvalue weighted by atomic mass is 15.4. The molecule has 3 heterocycles. The van der Waals surface area contributed by atoms with E-state index in [9.17, 15) is 0 Å². The van der Waals surface area contributed by atoms with Gasteiger partial charge < -0.3 is 5.32 Å². The van der Waals surface area contributed by atoms with Crippen molar-refractivity contribution in [1.82, 2.24) is 19.7 Å². The summed E-state index contributed by atoms with van der Waals surface area (Å²) >= 11 is 0. The molecule has 0 bridgehead atoms. The van der Waals surface area contributed by atoms with Crippen LogP contribution in [0, 0.1) is 12.8 Å². The molecule has 2 aromatic heterocycles. The van der Waals surface area contributed by atoms with Crippen LogP contribution in [0.25, 0.3) is 11.5 Å². The molecule has 0 radical (unpaired) electrons. The first-order valence-corrected chi connectivity index (χ1v) is 6.96. The van der Waals surface area contributed by atoms with Gasteiger partial charge in [-0.25, -0.2) is 9.67 Å². The van der Waals surface area contributed by atoms with E-state index in [0.717, 1.165) is 29.7 Å². The van der Waals surface area contributed by atoms with Crippen molar-refractivity contribution in [3.05, 3.63) is 23.9 Å². The van der Waals surface area contributed by atoms with E-state index in [-0.39, 0.29) is 0 Å². The maximum Gasteiger partial charge on any atom is 0.222 e. The Labute approximate surface area is 112 Å². The summed E-state index contributed by atoms with van der Waals surface area (Å²) in [4.78, 5) is 9.11. The zero-order valence-electron chi connectivity index (χ0n) is 11.0. The molecule has 1 aliphatic carbocycles. The Bertz CT molecular complexity index is 618. The maximum atomic E-state index is 4.69. The Kier molecular flexibility index (Phi) is 2.33. The first kappa shape index (κ1) is 11.0. The molecular weight excluding hydrogens is 238 g/mol. The second-order valence-electron chi connectivity index (χ2n) is 5.51. The van der Waals surface area contributed by atoms with E-state index in [2.05, 4.69) is 25.1 Å². The number of rotatable bonds is 1. The number of fused-ring (bicyclic) bond motifs is 3. The van der Waals surface area contributed by atoms with Crippen LogP contribution in [0.3, 0.4) is 0 Å². The van der Waals surface area contributed by atoms with Crippen molar-refractivity contribution >= 4 is 5.95 Å². The molecule has 0 spiro atoms. The molecule has 98 valence electrons. The van der Waals surface area contributed by atoms with E-state index in [1.54, 1.807) is 0 Å². The van der Waals surface area contributed by atoms with E-state index < -0.39 is 0 Å². The summed E-state index contributed by atoms with van der Waals surface area (Å²) < 4.78 is 2.08.